The number of hydrogen-bond donors (Lipinski definition) is 0. The van der Waals surface area contributed by atoms with E-state index in [9.17, 15) is 5.26 Å². The third-order valence-electron chi connectivity index (χ3n) is 3.80. The molecular formula is C17H15ClN2S. The SMILES string of the molecule is C/C(=N\c1sc2c(c1C#N)CCCC2)c1ccc(Cl)cc1. The summed E-state index contributed by atoms with van der Waals surface area (Å²) in [6.45, 7) is 1.98. The van der Waals surface area contributed by atoms with Crippen LogP contribution in [0.25, 0.3) is 0 Å². The molecule has 0 unspecified atom stereocenters. The highest BCUT2D eigenvalue weighted by Gasteiger charge is 2.20. The molecule has 4 heteroatoms. The Labute approximate surface area is 133 Å². The average molecular weight is 315 g/mol. The van der Waals surface area contributed by atoms with E-state index < -0.39 is 0 Å². The van der Waals surface area contributed by atoms with E-state index in [1.54, 1.807) is 11.3 Å². The highest BCUT2D eigenvalue weighted by atomic mass is 35.5. The lowest BCUT2D eigenvalue weighted by molar-refractivity contribution is 0.696. The molecule has 0 saturated carbocycles. The van der Waals surface area contributed by atoms with Crippen LogP contribution in [0.2, 0.25) is 5.02 Å². The molecule has 0 atom stereocenters. The minimum absolute atomic E-state index is 0.718. The Morgan fingerprint density at radius 3 is 2.67 bits per heavy atom. The van der Waals surface area contributed by atoms with Crippen LogP contribution in [0, 0.1) is 11.3 Å². The third-order valence-corrected chi connectivity index (χ3v) is 5.23. The van der Waals surface area contributed by atoms with Crippen molar-refractivity contribution in [3.05, 3.63) is 50.9 Å². The van der Waals surface area contributed by atoms with Crippen LogP contribution in [-0.4, -0.2) is 5.71 Å². The first-order valence-electron chi connectivity index (χ1n) is 7.05. The summed E-state index contributed by atoms with van der Waals surface area (Å²) >= 11 is 7.59. The van der Waals surface area contributed by atoms with E-state index in [1.807, 2.05) is 31.2 Å². The van der Waals surface area contributed by atoms with Crippen molar-refractivity contribution in [2.45, 2.75) is 32.6 Å². The number of fused-ring (bicyclic) bond motifs is 1. The molecule has 1 aliphatic carbocycles. The summed E-state index contributed by atoms with van der Waals surface area (Å²) in [5.41, 5.74) is 3.97. The molecule has 0 spiro atoms. The summed E-state index contributed by atoms with van der Waals surface area (Å²) in [6.07, 6.45) is 4.50. The second-order valence-corrected chi connectivity index (χ2v) is 6.73. The Balaban J connectivity index is 2.01. The minimum Gasteiger partial charge on any atom is -0.241 e. The van der Waals surface area contributed by atoms with Crippen LogP contribution in [0.4, 0.5) is 5.00 Å². The van der Waals surface area contributed by atoms with Gasteiger partial charge in [-0.15, -0.1) is 11.3 Å². The predicted molar refractivity (Wildman–Crippen MR) is 89.0 cm³/mol. The Hall–Kier alpha value is -1.63. The fraction of sp³-hybridized carbons (Fsp3) is 0.294. The fourth-order valence-corrected chi connectivity index (χ4v) is 4.04. The van der Waals surface area contributed by atoms with Gasteiger partial charge in [-0.1, -0.05) is 23.7 Å². The van der Waals surface area contributed by atoms with Crippen molar-refractivity contribution < 1.29 is 0 Å². The van der Waals surface area contributed by atoms with Gasteiger partial charge in [0.15, 0.2) is 0 Å². The van der Waals surface area contributed by atoms with Crippen LogP contribution < -0.4 is 0 Å². The van der Waals surface area contributed by atoms with E-state index in [1.165, 1.54) is 23.3 Å². The standard InChI is InChI=1S/C17H15ClN2S/c1-11(12-6-8-13(18)9-7-12)20-17-15(10-19)14-4-2-3-5-16(14)21-17/h6-9H,2-5H2,1H3/b20-11+. The molecule has 2 aromatic rings. The number of benzene rings is 1. The normalized spacial score (nSPS) is 14.6. The minimum atomic E-state index is 0.718. The number of rotatable bonds is 2. The summed E-state index contributed by atoms with van der Waals surface area (Å²) in [5.74, 6) is 0. The van der Waals surface area contributed by atoms with E-state index in [2.05, 4.69) is 6.07 Å². The van der Waals surface area contributed by atoms with Gasteiger partial charge in [0.05, 0.1) is 5.56 Å². The molecule has 1 aliphatic rings. The van der Waals surface area contributed by atoms with Crippen molar-refractivity contribution in [3.63, 3.8) is 0 Å². The summed E-state index contributed by atoms with van der Waals surface area (Å²) in [5, 5.41) is 11.0. The predicted octanol–water partition coefficient (Wildman–Crippen LogP) is 5.29. The van der Waals surface area contributed by atoms with E-state index in [0.717, 1.165) is 39.7 Å². The number of thiophene rings is 1. The van der Waals surface area contributed by atoms with Crippen LogP contribution >= 0.6 is 22.9 Å². The number of hydrogen-bond acceptors (Lipinski definition) is 3. The maximum atomic E-state index is 9.45. The van der Waals surface area contributed by atoms with Gasteiger partial charge in [0.2, 0.25) is 0 Å². The summed E-state index contributed by atoms with van der Waals surface area (Å²) in [7, 11) is 0. The average Bonchev–Trinajstić information content (AvgIpc) is 2.84. The molecule has 1 aromatic carbocycles. The van der Waals surface area contributed by atoms with E-state index in [4.69, 9.17) is 16.6 Å². The van der Waals surface area contributed by atoms with Gasteiger partial charge in [0.1, 0.15) is 11.1 Å². The maximum absolute atomic E-state index is 9.45. The van der Waals surface area contributed by atoms with Crippen LogP contribution in [0.5, 0.6) is 0 Å². The Morgan fingerprint density at radius 1 is 1.24 bits per heavy atom. The Morgan fingerprint density at radius 2 is 1.95 bits per heavy atom. The van der Waals surface area contributed by atoms with E-state index in [-0.39, 0.29) is 0 Å². The molecule has 0 fully saturated rings. The third kappa shape index (κ3) is 2.88. The lowest BCUT2D eigenvalue weighted by Gasteiger charge is -2.09. The van der Waals surface area contributed by atoms with Gasteiger partial charge >= 0.3 is 0 Å². The maximum Gasteiger partial charge on any atom is 0.134 e. The monoisotopic (exact) mass is 314 g/mol. The van der Waals surface area contributed by atoms with Gasteiger partial charge in [-0.05, 0) is 55.9 Å². The molecule has 0 amide bonds. The fourth-order valence-electron chi connectivity index (χ4n) is 2.65. The second-order valence-electron chi connectivity index (χ2n) is 5.21. The van der Waals surface area contributed by atoms with Crippen LogP contribution in [-0.2, 0) is 12.8 Å². The van der Waals surface area contributed by atoms with Crippen LogP contribution in [0.3, 0.4) is 0 Å². The molecule has 1 aromatic heterocycles. The Kier molecular flexibility index (Phi) is 4.10. The van der Waals surface area contributed by atoms with Crippen molar-refractivity contribution in [3.8, 4) is 6.07 Å². The van der Waals surface area contributed by atoms with Gasteiger partial charge in [-0.3, -0.25) is 0 Å². The molecule has 0 saturated heterocycles. The molecule has 0 radical (unpaired) electrons. The van der Waals surface area contributed by atoms with Gasteiger partial charge in [0.25, 0.3) is 0 Å². The number of nitriles is 1. The largest absolute Gasteiger partial charge is 0.241 e. The molecule has 21 heavy (non-hydrogen) atoms. The number of aryl methyl sites for hydroxylation is 1. The highest BCUT2D eigenvalue weighted by Crippen LogP contribution is 2.39. The second kappa shape index (κ2) is 6.01. The van der Waals surface area contributed by atoms with E-state index in [0.29, 0.717) is 0 Å². The summed E-state index contributed by atoms with van der Waals surface area (Å²) < 4.78 is 0. The van der Waals surface area contributed by atoms with Crippen LogP contribution in [0.15, 0.2) is 29.3 Å². The smallest absolute Gasteiger partial charge is 0.134 e. The topological polar surface area (TPSA) is 36.1 Å². The van der Waals surface area contributed by atoms with Crippen LogP contribution in [0.1, 0.15) is 41.3 Å². The first kappa shape index (κ1) is 14.3. The first-order chi connectivity index (χ1) is 10.2. The number of aliphatic imine (C=N–C) groups is 1. The molecule has 0 bridgehead atoms. The first-order valence-corrected chi connectivity index (χ1v) is 8.24. The number of nitrogens with zero attached hydrogens (tertiary/aromatic N) is 2. The highest BCUT2D eigenvalue weighted by molar-refractivity contribution is 7.16. The zero-order chi connectivity index (χ0) is 14.8. The van der Waals surface area contributed by atoms with Crippen molar-refractivity contribution in [2.24, 2.45) is 4.99 Å². The van der Waals surface area contributed by atoms with Crippen molar-refractivity contribution in [1.29, 1.82) is 5.26 Å². The summed E-state index contributed by atoms with van der Waals surface area (Å²) in [6, 6.07) is 9.99. The van der Waals surface area contributed by atoms with Crippen molar-refractivity contribution in [1.82, 2.24) is 0 Å². The van der Waals surface area contributed by atoms with Crippen molar-refractivity contribution in [2.75, 3.05) is 0 Å². The molecule has 0 aliphatic heterocycles. The molecule has 2 nitrogen and oxygen atoms in total. The molecule has 1 heterocycles. The lowest BCUT2D eigenvalue weighted by atomic mass is 9.96. The van der Waals surface area contributed by atoms with Gasteiger partial charge in [-0.25, -0.2) is 4.99 Å². The zero-order valence-electron chi connectivity index (χ0n) is 11.8. The lowest BCUT2D eigenvalue weighted by Crippen LogP contribution is -1.99. The molecule has 0 N–H and O–H groups in total. The molecule has 3 rings (SSSR count). The van der Waals surface area contributed by atoms with Gasteiger partial charge in [0, 0.05) is 15.6 Å². The van der Waals surface area contributed by atoms with Crippen molar-refractivity contribution >= 4 is 33.7 Å². The number of halogens is 1. The quantitative estimate of drug-likeness (QED) is 0.693. The molecule has 106 valence electrons. The zero-order valence-corrected chi connectivity index (χ0v) is 13.4. The molecular weight excluding hydrogens is 300 g/mol. The van der Waals surface area contributed by atoms with E-state index >= 15 is 0 Å². The Bertz CT molecular complexity index is 735. The summed E-state index contributed by atoms with van der Waals surface area (Å²) in [4.78, 5) is 6.05. The van der Waals surface area contributed by atoms with Gasteiger partial charge in [-0.2, -0.15) is 5.26 Å². The van der Waals surface area contributed by atoms with Gasteiger partial charge < -0.3 is 0 Å².